The molecule has 13 nitrogen and oxygen atoms in total. The summed E-state index contributed by atoms with van der Waals surface area (Å²) < 4.78 is 7.74. The van der Waals surface area contributed by atoms with Crippen LogP contribution < -0.4 is 20.3 Å². The highest BCUT2D eigenvalue weighted by Crippen LogP contribution is 2.42. The third-order valence-electron chi connectivity index (χ3n) is 12.8. The van der Waals surface area contributed by atoms with Crippen LogP contribution in [0.25, 0.3) is 10.9 Å². The van der Waals surface area contributed by atoms with Crippen molar-refractivity contribution in [2.45, 2.75) is 77.2 Å². The van der Waals surface area contributed by atoms with Gasteiger partial charge in [-0.1, -0.05) is 17.7 Å². The van der Waals surface area contributed by atoms with Crippen molar-refractivity contribution in [1.82, 2.24) is 29.9 Å². The lowest BCUT2D eigenvalue weighted by Crippen LogP contribution is -2.50. The first-order valence-corrected chi connectivity index (χ1v) is 20.7. The number of anilines is 2. The summed E-state index contributed by atoms with van der Waals surface area (Å²) in [4.78, 5) is 60.9. The maximum atomic E-state index is 13.6. The van der Waals surface area contributed by atoms with Gasteiger partial charge < -0.3 is 19.9 Å². The van der Waals surface area contributed by atoms with Crippen molar-refractivity contribution in [2.75, 3.05) is 56.6 Å². The highest BCUT2D eigenvalue weighted by Gasteiger charge is 2.39. The van der Waals surface area contributed by atoms with E-state index in [1.165, 1.54) is 37.0 Å². The number of imide groups is 1. The summed E-state index contributed by atoms with van der Waals surface area (Å²) in [6.45, 7) is 6.89. The van der Waals surface area contributed by atoms with Crippen molar-refractivity contribution in [3.8, 4) is 5.75 Å². The van der Waals surface area contributed by atoms with Gasteiger partial charge in [-0.3, -0.25) is 29.3 Å². The largest absolute Gasteiger partial charge is 0.494 e. The number of pyridine rings is 1. The molecular weight excluding hydrogens is 744 g/mol. The smallest absolute Gasteiger partial charge is 0.328 e. The highest BCUT2D eigenvalue weighted by molar-refractivity contribution is 6.34. The summed E-state index contributed by atoms with van der Waals surface area (Å²) in [6.07, 6.45) is 12.4. The molecule has 4 aliphatic rings. The van der Waals surface area contributed by atoms with Crippen LogP contribution in [0.5, 0.6) is 5.75 Å². The summed E-state index contributed by atoms with van der Waals surface area (Å²) in [7, 11) is 1.60. The molecule has 0 radical (unpaired) electrons. The van der Waals surface area contributed by atoms with Crippen LogP contribution in [-0.4, -0.2) is 94.7 Å². The van der Waals surface area contributed by atoms with Gasteiger partial charge in [-0.2, -0.15) is 5.10 Å². The van der Waals surface area contributed by atoms with Crippen LogP contribution in [0.15, 0.2) is 54.7 Å². The molecule has 0 bridgehead atoms. The summed E-state index contributed by atoms with van der Waals surface area (Å²) in [5.74, 6) is 0.648. The molecule has 8 rings (SSSR count). The fourth-order valence-electron chi connectivity index (χ4n) is 9.21. The molecule has 2 aromatic heterocycles. The number of amides is 5. The lowest BCUT2D eigenvalue weighted by molar-refractivity contribution is -0.120. The summed E-state index contributed by atoms with van der Waals surface area (Å²) in [6, 6.07) is 14.1. The molecular formula is C43H51ClN8O5. The number of rotatable bonds is 9. The van der Waals surface area contributed by atoms with E-state index in [4.69, 9.17) is 21.4 Å². The second kappa shape index (κ2) is 16.5. The lowest BCUT2D eigenvalue weighted by Gasteiger charge is -2.47. The Morgan fingerprint density at radius 2 is 1.72 bits per heavy atom. The molecule has 2 aromatic carbocycles. The van der Waals surface area contributed by atoms with Crippen molar-refractivity contribution in [3.63, 3.8) is 0 Å². The average molecular weight is 795 g/mol. The zero-order valence-corrected chi connectivity index (χ0v) is 33.5. The number of urea groups is 1. The number of nitrogens with zero attached hydrogens (tertiary/aromatic N) is 6. The minimum Gasteiger partial charge on any atom is -0.494 e. The quantitative estimate of drug-likeness (QED) is 0.181. The Bertz CT molecular complexity index is 2160. The molecule has 4 aromatic rings. The van der Waals surface area contributed by atoms with Gasteiger partial charge >= 0.3 is 6.03 Å². The fraction of sp³-hybridized carbons (Fsp3) is 0.488. The fourth-order valence-corrected chi connectivity index (χ4v) is 9.43. The topological polar surface area (TPSA) is 142 Å². The van der Waals surface area contributed by atoms with E-state index in [1.54, 1.807) is 31.4 Å². The number of methoxy groups -OCH3 is 1. The molecule has 1 spiro atoms. The number of hydrogen-bond acceptors (Lipinski definition) is 8. The maximum absolute atomic E-state index is 13.6. The van der Waals surface area contributed by atoms with E-state index in [9.17, 15) is 19.2 Å². The van der Waals surface area contributed by atoms with Gasteiger partial charge in [0.2, 0.25) is 5.91 Å². The average Bonchev–Trinajstić information content (AvgIpc) is 3.64. The van der Waals surface area contributed by atoms with E-state index in [0.29, 0.717) is 45.4 Å². The number of nitrogens with one attached hydrogen (secondary N) is 2. The van der Waals surface area contributed by atoms with Crippen molar-refractivity contribution >= 4 is 57.6 Å². The number of hydrogen-bond donors (Lipinski definition) is 2. The third kappa shape index (κ3) is 8.50. The van der Waals surface area contributed by atoms with Gasteiger partial charge in [0.05, 0.1) is 35.1 Å². The van der Waals surface area contributed by atoms with Crippen LogP contribution in [0.3, 0.4) is 0 Å². The van der Waals surface area contributed by atoms with Crippen molar-refractivity contribution < 1.29 is 23.9 Å². The first-order valence-electron chi connectivity index (χ1n) is 20.3. The maximum Gasteiger partial charge on any atom is 0.328 e. The Morgan fingerprint density at radius 3 is 2.44 bits per heavy atom. The van der Waals surface area contributed by atoms with E-state index >= 15 is 0 Å². The number of benzene rings is 2. The zero-order valence-electron chi connectivity index (χ0n) is 32.8. The van der Waals surface area contributed by atoms with E-state index in [1.807, 2.05) is 36.1 Å². The van der Waals surface area contributed by atoms with Crippen molar-refractivity contribution in [1.29, 1.82) is 0 Å². The molecule has 57 heavy (non-hydrogen) atoms. The third-order valence-corrected chi connectivity index (χ3v) is 13.1. The Labute approximate surface area is 338 Å². The number of aryl methyl sites for hydroxylation is 1. The molecule has 5 amide bonds. The minimum atomic E-state index is -0.518. The molecule has 300 valence electrons. The van der Waals surface area contributed by atoms with Crippen LogP contribution >= 0.6 is 11.6 Å². The van der Waals surface area contributed by atoms with Crippen molar-refractivity contribution in [3.05, 3.63) is 76.7 Å². The summed E-state index contributed by atoms with van der Waals surface area (Å²) in [5.41, 5.74) is 3.84. The minimum absolute atomic E-state index is 0.0452. The van der Waals surface area contributed by atoms with Gasteiger partial charge in [-0.15, -0.1) is 0 Å². The van der Waals surface area contributed by atoms with Crippen LogP contribution in [0, 0.1) is 18.3 Å². The number of carbonyl (C=O) groups excluding carboxylic acids is 4. The predicted octanol–water partition coefficient (Wildman–Crippen LogP) is 7.24. The normalized spacial score (nSPS) is 21.5. The number of carbonyl (C=O) groups is 4. The number of halogens is 1. The number of ether oxygens (including phenoxy) is 1. The second-order valence-electron chi connectivity index (χ2n) is 16.4. The molecule has 2 N–H and O–H groups in total. The molecule has 14 heteroatoms. The SMILES string of the molecule is COc1cc2nn(C3CCC(CCN4CCC5(CC4)CCN(C(=O)c4ccc(Cl)c(N6CCC(=O)NC6=O)c4)CC5)CC3)cc2cc1NC(=O)c1cccc(C)n1. The molecule has 5 heterocycles. The Morgan fingerprint density at radius 1 is 0.965 bits per heavy atom. The molecule has 0 unspecified atom stereocenters. The first-order chi connectivity index (χ1) is 27.6. The molecule has 1 aliphatic carbocycles. The number of fused-ring (bicyclic) bond motifs is 1. The van der Waals surface area contributed by atoms with Gasteiger partial charge in [0.15, 0.2) is 0 Å². The molecule has 4 fully saturated rings. The summed E-state index contributed by atoms with van der Waals surface area (Å²) in [5, 5.41) is 11.6. The van der Waals surface area contributed by atoms with Crippen molar-refractivity contribution in [2.24, 2.45) is 11.3 Å². The molecule has 1 saturated carbocycles. The number of aromatic nitrogens is 3. The Kier molecular flexibility index (Phi) is 11.2. The van der Waals surface area contributed by atoms with E-state index in [-0.39, 0.29) is 36.1 Å². The van der Waals surface area contributed by atoms with Crippen LogP contribution in [0.4, 0.5) is 16.2 Å². The lowest BCUT2D eigenvalue weighted by atomic mass is 9.71. The molecule has 3 saturated heterocycles. The zero-order chi connectivity index (χ0) is 39.7. The number of piperidine rings is 2. The summed E-state index contributed by atoms with van der Waals surface area (Å²) >= 11 is 6.43. The first kappa shape index (κ1) is 38.8. The monoisotopic (exact) mass is 794 g/mol. The van der Waals surface area contributed by atoms with Gasteiger partial charge in [-0.05, 0) is 132 Å². The van der Waals surface area contributed by atoms with Crippen LogP contribution in [0.1, 0.15) is 96.8 Å². The Balaban J connectivity index is 0.783. The van der Waals surface area contributed by atoms with Crippen LogP contribution in [0.2, 0.25) is 5.02 Å². The predicted molar refractivity (Wildman–Crippen MR) is 219 cm³/mol. The molecule has 3 aliphatic heterocycles. The number of likely N-dealkylation sites (tertiary alicyclic amines) is 2. The van der Waals surface area contributed by atoms with E-state index in [0.717, 1.165) is 75.0 Å². The van der Waals surface area contributed by atoms with E-state index in [2.05, 4.69) is 31.4 Å². The van der Waals surface area contributed by atoms with Gasteiger partial charge in [-0.25, -0.2) is 9.78 Å². The van der Waals surface area contributed by atoms with Gasteiger partial charge in [0.25, 0.3) is 11.8 Å². The standard InChI is InChI=1S/C43H51ClN8O5/c1-28-4-3-5-34(45-28)40(54)46-36-24-31-27-52(48-35(31)26-38(36)57-2)32-9-6-29(7-10-32)12-18-49-20-14-43(15-21-49)16-22-50(23-17-43)41(55)30-8-11-33(44)37(25-30)51-19-13-39(53)47-42(51)56/h3-5,8,11,24-27,29,32H,6-7,9-10,12-23H2,1-2H3,(H,46,54)(H,47,53,56). The van der Waals surface area contributed by atoms with Gasteiger partial charge in [0.1, 0.15) is 11.4 Å². The second-order valence-corrected chi connectivity index (χ2v) is 16.8. The Hall–Kier alpha value is -5.01. The van der Waals surface area contributed by atoms with Crippen LogP contribution in [-0.2, 0) is 4.79 Å². The van der Waals surface area contributed by atoms with E-state index < -0.39 is 6.03 Å². The van der Waals surface area contributed by atoms with Gasteiger partial charge in [0, 0.05) is 55.0 Å². The highest BCUT2D eigenvalue weighted by atomic mass is 35.5. The molecule has 0 atom stereocenters.